The van der Waals surface area contributed by atoms with Crippen LogP contribution in [0.3, 0.4) is 0 Å². The molecule has 4 heteroatoms. The summed E-state index contributed by atoms with van der Waals surface area (Å²) >= 11 is 0. The van der Waals surface area contributed by atoms with Gasteiger partial charge in [-0.05, 0) is 37.0 Å². The van der Waals surface area contributed by atoms with Crippen LogP contribution in [0.25, 0.3) is 0 Å². The smallest absolute Gasteiger partial charge is 0.123 e. The van der Waals surface area contributed by atoms with E-state index >= 15 is 0 Å². The van der Waals surface area contributed by atoms with E-state index in [1.165, 1.54) is 23.4 Å². The molecule has 0 bridgehead atoms. The Morgan fingerprint density at radius 3 is 2.33 bits per heavy atom. The summed E-state index contributed by atoms with van der Waals surface area (Å²) in [5.41, 5.74) is 10.8. The van der Waals surface area contributed by atoms with Crippen LogP contribution in [-0.4, -0.2) is 9.78 Å². The molecule has 1 atom stereocenters. The van der Waals surface area contributed by atoms with Crippen LogP contribution in [0.5, 0.6) is 0 Å². The van der Waals surface area contributed by atoms with Crippen molar-refractivity contribution in [3.8, 4) is 0 Å². The Morgan fingerprint density at radius 1 is 1.14 bits per heavy atom. The minimum Gasteiger partial charge on any atom is -0.324 e. The molecular weight excluding hydrogens is 265 g/mol. The molecule has 0 fully saturated rings. The summed E-state index contributed by atoms with van der Waals surface area (Å²) in [6.45, 7) is 6.99. The summed E-state index contributed by atoms with van der Waals surface area (Å²) in [5, 5.41) is 4.73. The Bertz CT molecular complexity index is 587. The third-order valence-corrected chi connectivity index (χ3v) is 3.90. The van der Waals surface area contributed by atoms with Gasteiger partial charge in [0, 0.05) is 17.3 Å². The van der Waals surface area contributed by atoms with Gasteiger partial charge in [-0.25, -0.2) is 4.39 Å². The number of hydrogen-bond donors (Lipinski definition) is 1. The van der Waals surface area contributed by atoms with Gasteiger partial charge in [0.25, 0.3) is 0 Å². The Hall–Kier alpha value is -1.68. The normalized spacial score (nSPS) is 12.6. The van der Waals surface area contributed by atoms with Crippen molar-refractivity contribution in [2.45, 2.75) is 52.6 Å². The first-order chi connectivity index (χ1) is 10.1. The number of aromatic nitrogens is 2. The van der Waals surface area contributed by atoms with Crippen LogP contribution >= 0.6 is 0 Å². The molecule has 2 aromatic rings. The SMILES string of the molecule is CCc1nn(Cc2ccc(F)cc2)c(CC)c1C(N)CC. The predicted octanol–water partition coefficient (Wildman–Crippen LogP) is 3.61. The Kier molecular flexibility index (Phi) is 5.12. The van der Waals surface area contributed by atoms with E-state index in [0.29, 0.717) is 6.54 Å². The molecule has 0 aliphatic carbocycles. The third-order valence-electron chi connectivity index (χ3n) is 3.90. The van der Waals surface area contributed by atoms with Crippen LogP contribution in [0.1, 0.15) is 55.7 Å². The van der Waals surface area contributed by atoms with E-state index < -0.39 is 0 Å². The van der Waals surface area contributed by atoms with Crippen LogP contribution in [0.15, 0.2) is 24.3 Å². The number of halogens is 1. The van der Waals surface area contributed by atoms with Crippen molar-refractivity contribution in [2.24, 2.45) is 5.73 Å². The molecule has 2 rings (SSSR count). The maximum absolute atomic E-state index is 13.0. The fourth-order valence-corrected chi connectivity index (χ4v) is 2.73. The number of nitrogens with two attached hydrogens (primary N) is 1. The van der Waals surface area contributed by atoms with Gasteiger partial charge in [0.2, 0.25) is 0 Å². The number of hydrogen-bond acceptors (Lipinski definition) is 2. The zero-order valence-corrected chi connectivity index (χ0v) is 13.1. The van der Waals surface area contributed by atoms with Gasteiger partial charge in [-0.3, -0.25) is 4.68 Å². The molecule has 0 radical (unpaired) electrons. The molecule has 1 heterocycles. The molecule has 21 heavy (non-hydrogen) atoms. The Balaban J connectivity index is 2.39. The average molecular weight is 289 g/mol. The quantitative estimate of drug-likeness (QED) is 0.883. The van der Waals surface area contributed by atoms with Gasteiger partial charge < -0.3 is 5.73 Å². The van der Waals surface area contributed by atoms with Crippen molar-refractivity contribution < 1.29 is 4.39 Å². The summed E-state index contributed by atoms with van der Waals surface area (Å²) in [6.07, 6.45) is 2.69. The first kappa shape index (κ1) is 15.7. The van der Waals surface area contributed by atoms with Crippen LogP contribution in [0.4, 0.5) is 4.39 Å². The largest absolute Gasteiger partial charge is 0.324 e. The zero-order valence-electron chi connectivity index (χ0n) is 13.1. The number of benzene rings is 1. The van der Waals surface area contributed by atoms with Gasteiger partial charge >= 0.3 is 0 Å². The van der Waals surface area contributed by atoms with Gasteiger partial charge in [0.1, 0.15) is 5.82 Å². The molecule has 1 unspecified atom stereocenters. The second kappa shape index (κ2) is 6.85. The van der Waals surface area contributed by atoms with Crippen LogP contribution in [0, 0.1) is 5.82 Å². The van der Waals surface area contributed by atoms with Crippen molar-refractivity contribution >= 4 is 0 Å². The zero-order chi connectivity index (χ0) is 15.4. The standard InChI is InChI=1S/C17H24FN3/c1-4-14(19)17-15(5-2)20-21(16(17)6-3)11-12-7-9-13(18)10-8-12/h7-10,14H,4-6,11,19H2,1-3H3. The van der Waals surface area contributed by atoms with Crippen molar-refractivity contribution in [1.82, 2.24) is 9.78 Å². The van der Waals surface area contributed by atoms with E-state index in [2.05, 4.69) is 20.8 Å². The molecule has 0 aliphatic rings. The lowest BCUT2D eigenvalue weighted by Gasteiger charge is -2.12. The molecular formula is C17H24FN3. The molecule has 0 amide bonds. The summed E-state index contributed by atoms with van der Waals surface area (Å²) < 4.78 is 15.0. The van der Waals surface area contributed by atoms with E-state index in [4.69, 9.17) is 10.8 Å². The van der Waals surface area contributed by atoms with Gasteiger partial charge in [0.15, 0.2) is 0 Å². The monoisotopic (exact) mass is 289 g/mol. The third kappa shape index (κ3) is 3.32. The number of aryl methyl sites for hydroxylation is 1. The lowest BCUT2D eigenvalue weighted by atomic mass is 10.00. The van der Waals surface area contributed by atoms with E-state index in [1.54, 1.807) is 0 Å². The maximum Gasteiger partial charge on any atom is 0.123 e. The second-order valence-electron chi connectivity index (χ2n) is 5.31. The van der Waals surface area contributed by atoms with Gasteiger partial charge in [-0.1, -0.05) is 32.9 Å². The van der Waals surface area contributed by atoms with Gasteiger partial charge in [0.05, 0.1) is 12.2 Å². The molecule has 2 N–H and O–H groups in total. The first-order valence-electron chi connectivity index (χ1n) is 7.69. The van der Waals surface area contributed by atoms with Crippen molar-refractivity contribution in [1.29, 1.82) is 0 Å². The van der Waals surface area contributed by atoms with Crippen LogP contribution in [-0.2, 0) is 19.4 Å². The molecule has 1 aromatic heterocycles. The molecule has 0 aliphatic heterocycles. The summed E-state index contributed by atoms with van der Waals surface area (Å²) in [7, 11) is 0. The molecule has 1 aromatic carbocycles. The summed E-state index contributed by atoms with van der Waals surface area (Å²) in [4.78, 5) is 0. The second-order valence-corrected chi connectivity index (χ2v) is 5.31. The van der Waals surface area contributed by atoms with Crippen molar-refractivity contribution in [2.75, 3.05) is 0 Å². The van der Waals surface area contributed by atoms with Crippen molar-refractivity contribution in [3.63, 3.8) is 0 Å². The predicted molar refractivity (Wildman–Crippen MR) is 83.7 cm³/mol. The van der Waals surface area contributed by atoms with Crippen LogP contribution < -0.4 is 5.73 Å². The van der Waals surface area contributed by atoms with Gasteiger partial charge in [-0.15, -0.1) is 0 Å². The fraction of sp³-hybridized carbons (Fsp3) is 0.471. The highest BCUT2D eigenvalue weighted by Gasteiger charge is 2.19. The molecule has 3 nitrogen and oxygen atoms in total. The molecule has 0 saturated carbocycles. The van der Waals surface area contributed by atoms with E-state index in [1.807, 2.05) is 16.8 Å². The van der Waals surface area contributed by atoms with Crippen LogP contribution in [0.2, 0.25) is 0 Å². The fourth-order valence-electron chi connectivity index (χ4n) is 2.73. The summed E-state index contributed by atoms with van der Waals surface area (Å²) in [5.74, 6) is -0.210. The first-order valence-corrected chi connectivity index (χ1v) is 7.69. The summed E-state index contributed by atoms with van der Waals surface area (Å²) in [6, 6.07) is 6.63. The maximum atomic E-state index is 13.0. The molecule has 114 valence electrons. The highest BCUT2D eigenvalue weighted by Crippen LogP contribution is 2.25. The highest BCUT2D eigenvalue weighted by molar-refractivity contribution is 5.31. The lowest BCUT2D eigenvalue weighted by molar-refractivity contribution is 0.617. The average Bonchev–Trinajstić information content (AvgIpc) is 2.86. The van der Waals surface area contributed by atoms with E-state index in [9.17, 15) is 4.39 Å². The molecule has 0 saturated heterocycles. The Morgan fingerprint density at radius 2 is 1.81 bits per heavy atom. The van der Waals surface area contributed by atoms with Gasteiger partial charge in [-0.2, -0.15) is 5.10 Å². The van der Waals surface area contributed by atoms with E-state index in [-0.39, 0.29) is 11.9 Å². The topological polar surface area (TPSA) is 43.8 Å². The minimum absolute atomic E-state index is 0.0388. The number of rotatable bonds is 6. The van der Waals surface area contributed by atoms with E-state index in [0.717, 1.165) is 30.5 Å². The number of nitrogens with zero attached hydrogens (tertiary/aromatic N) is 2. The molecule has 0 spiro atoms. The van der Waals surface area contributed by atoms with Crippen molar-refractivity contribution in [3.05, 3.63) is 52.6 Å². The minimum atomic E-state index is -0.210. The Labute approximate surface area is 126 Å². The highest BCUT2D eigenvalue weighted by atomic mass is 19.1. The lowest BCUT2D eigenvalue weighted by Crippen LogP contribution is -2.13.